The van der Waals surface area contributed by atoms with Crippen molar-refractivity contribution in [2.45, 2.75) is 33.3 Å². The van der Waals surface area contributed by atoms with Gasteiger partial charge in [-0.15, -0.1) is 0 Å². The Kier molecular flexibility index (Phi) is 8.82. The second-order valence-corrected chi connectivity index (χ2v) is 11.1. The Hall–Kier alpha value is -3.68. The molecule has 0 bridgehead atoms. The van der Waals surface area contributed by atoms with Gasteiger partial charge in [0, 0.05) is 5.56 Å². The van der Waals surface area contributed by atoms with Crippen LogP contribution in [0.2, 0.25) is 0 Å². The van der Waals surface area contributed by atoms with Crippen LogP contribution in [-0.2, 0) is 24.2 Å². The van der Waals surface area contributed by atoms with Crippen LogP contribution in [0.3, 0.4) is 0 Å². The van der Waals surface area contributed by atoms with Crippen LogP contribution in [0.5, 0.6) is 5.75 Å². The van der Waals surface area contributed by atoms with Crippen LogP contribution in [-0.4, -0.2) is 11.1 Å². The molecule has 0 aromatic heterocycles. The van der Waals surface area contributed by atoms with Crippen molar-refractivity contribution in [1.29, 1.82) is 0 Å². The molecule has 1 fully saturated rings. The summed E-state index contributed by atoms with van der Waals surface area (Å²) in [6, 6.07) is 28.2. The van der Waals surface area contributed by atoms with Crippen LogP contribution < -0.4 is 9.64 Å². The molecule has 5 rings (SSSR count). The molecule has 1 heterocycles. The van der Waals surface area contributed by atoms with Crippen LogP contribution in [0.1, 0.15) is 36.1 Å². The molecule has 1 aliphatic heterocycles. The minimum atomic E-state index is -0.301. The summed E-state index contributed by atoms with van der Waals surface area (Å²) in [6.45, 7) is 4.34. The minimum absolute atomic E-state index is 0.116. The molecule has 0 spiro atoms. The quantitative estimate of drug-likeness (QED) is 0.186. The van der Waals surface area contributed by atoms with Crippen LogP contribution in [0.15, 0.2) is 105 Å². The van der Waals surface area contributed by atoms with Crippen LogP contribution in [0.4, 0.5) is 15.8 Å². The van der Waals surface area contributed by atoms with Gasteiger partial charge in [0.15, 0.2) is 5.17 Å². The second-order valence-electron chi connectivity index (χ2n) is 9.26. The molecule has 0 N–H and O–H groups in total. The molecule has 1 amide bonds. The number of rotatable bonds is 8. The number of ether oxygens (including phenoxy) is 1. The maximum Gasteiger partial charge on any atom is 0.271 e. The molecular formula is C33H28BrFN2O2S. The lowest BCUT2D eigenvalue weighted by molar-refractivity contribution is -0.113. The highest BCUT2D eigenvalue weighted by Gasteiger charge is 2.34. The average molecular weight is 616 g/mol. The molecule has 0 saturated carbocycles. The Morgan fingerprint density at radius 1 is 0.925 bits per heavy atom. The molecule has 0 aliphatic carbocycles. The Morgan fingerprint density at radius 2 is 1.60 bits per heavy atom. The summed E-state index contributed by atoms with van der Waals surface area (Å²) >= 11 is 4.91. The van der Waals surface area contributed by atoms with E-state index in [1.807, 2.05) is 60.7 Å². The number of hydrogen-bond acceptors (Lipinski definition) is 4. The summed E-state index contributed by atoms with van der Waals surface area (Å²) in [6.07, 6.45) is 3.73. The number of thioether (sulfide) groups is 1. The monoisotopic (exact) mass is 614 g/mol. The summed E-state index contributed by atoms with van der Waals surface area (Å²) < 4.78 is 20.5. The van der Waals surface area contributed by atoms with Crippen molar-refractivity contribution in [3.8, 4) is 5.75 Å². The van der Waals surface area contributed by atoms with E-state index in [4.69, 9.17) is 9.73 Å². The van der Waals surface area contributed by atoms with Crippen molar-refractivity contribution in [2.24, 2.45) is 4.99 Å². The molecule has 1 saturated heterocycles. The zero-order valence-corrected chi connectivity index (χ0v) is 24.6. The van der Waals surface area contributed by atoms with Crippen molar-refractivity contribution in [3.05, 3.63) is 128 Å². The van der Waals surface area contributed by atoms with Gasteiger partial charge in [0.05, 0.1) is 20.8 Å². The van der Waals surface area contributed by atoms with Crippen molar-refractivity contribution in [1.82, 2.24) is 0 Å². The number of amidine groups is 1. The highest BCUT2D eigenvalue weighted by molar-refractivity contribution is 9.10. The first-order valence-corrected chi connectivity index (χ1v) is 14.7. The average Bonchev–Trinajstić information content (AvgIpc) is 3.27. The van der Waals surface area contributed by atoms with E-state index in [0.29, 0.717) is 25.9 Å². The normalized spacial score (nSPS) is 15.3. The molecule has 7 heteroatoms. The highest BCUT2D eigenvalue weighted by atomic mass is 79.9. The number of carbonyl (C=O) groups excluding carboxylic acids is 1. The fourth-order valence-corrected chi connectivity index (χ4v) is 5.73. The van der Waals surface area contributed by atoms with Gasteiger partial charge < -0.3 is 4.74 Å². The van der Waals surface area contributed by atoms with E-state index in [1.54, 1.807) is 23.1 Å². The second kappa shape index (κ2) is 12.7. The van der Waals surface area contributed by atoms with Crippen molar-refractivity contribution >= 4 is 56.2 Å². The van der Waals surface area contributed by atoms with Crippen LogP contribution in [0, 0.1) is 5.82 Å². The Labute approximate surface area is 246 Å². The number of aryl methyl sites for hydroxylation is 2. The SMILES string of the molecule is CCc1ccc(N=C2S/C(=C\c3ccc(OCc4ccccc4F)c(Br)c3)C(=O)N2c2ccc(CC)cc2)cc1. The van der Waals surface area contributed by atoms with Crippen LogP contribution >= 0.6 is 27.7 Å². The van der Waals surface area contributed by atoms with Gasteiger partial charge >= 0.3 is 0 Å². The van der Waals surface area contributed by atoms with E-state index >= 15 is 0 Å². The molecular weight excluding hydrogens is 587 g/mol. The summed E-state index contributed by atoms with van der Waals surface area (Å²) in [5, 5.41) is 0.605. The van der Waals surface area contributed by atoms with Crippen molar-refractivity contribution in [2.75, 3.05) is 4.90 Å². The van der Waals surface area contributed by atoms with Gasteiger partial charge in [0.2, 0.25) is 0 Å². The zero-order chi connectivity index (χ0) is 28.1. The highest BCUT2D eigenvalue weighted by Crippen LogP contribution is 2.38. The van der Waals surface area contributed by atoms with Crippen LogP contribution in [0.25, 0.3) is 6.08 Å². The number of halogens is 2. The van der Waals surface area contributed by atoms with Crippen molar-refractivity contribution in [3.63, 3.8) is 0 Å². The summed E-state index contributed by atoms with van der Waals surface area (Å²) in [5.74, 6) is 0.157. The number of amides is 1. The lowest BCUT2D eigenvalue weighted by Crippen LogP contribution is -2.28. The lowest BCUT2D eigenvalue weighted by Gasteiger charge is -2.16. The fourth-order valence-electron chi connectivity index (χ4n) is 4.22. The maximum absolute atomic E-state index is 14.0. The van der Waals surface area contributed by atoms with Gasteiger partial charge in [0.1, 0.15) is 18.2 Å². The van der Waals surface area contributed by atoms with E-state index in [9.17, 15) is 9.18 Å². The van der Waals surface area contributed by atoms with Crippen molar-refractivity contribution < 1.29 is 13.9 Å². The third kappa shape index (κ3) is 6.37. The third-order valence-corrected chi connectivity index (χ3v) is 8.16. The standard InChI is InChI=1S/C33H28BrFN2O2S/c1-3-22-9-14-26(15-10-22)36-33-37(27-16-11-23(4-2)12-17-27)32(38)31(40-33)20-24-13-18-30(28(34)19-24)39-21-25-7-5-6-8-29(25)35/h5-20H,3-4,21H2,1-2H3/b31-20-,36-33?. The molecule has 0 unspecified atom stereocenters. The number of benzene rings is 4. The number of carbonyl (C=O) groups is 1. The van der Waals surface area contributed by atoms with Gasteiger partial charge in [-0.25, -0.2) is 9.38 Å². The van der Waals surface area contributed by atoms with E-state index in [0.717, 1.165) is 29.8 Å². The number of nitrogens with zero attached hydrogens (tertiary/aromatic N) is 2. The third-order valence-electron chi connectivity index (χ3n) is 6.57. The Morgan fingerprint density at radius 3 is 2.25 bits per heavy atom. The topological polar surface area (TPSA) is 41.9 Å². The maximum atomic E-state index is 14.0. The number of hydrogen-bond donors (Lipinski definition) is 0. The molecule has 40 heavy (non-hydrogen) atoms. The minimum Gasteiger partial charge on any atom is -0.488 e. The largest absolute Gasteiger partial charge is 0.488 e. The first kappa shape index (κ1) is 27.9. The first-order valence-electron chi connectivity index (χ1n) is 13.1. The smallest absolute Gasteiger partial charge is 0.271 e. The molecule has 0 atom stereocenters. The van der Waals surface area contributed by atoms with E-state index in [2.05, 4.69) is 41.9 Å². The van der Waals surface area contributed by atoms with Gasteiger partial charge in [0.25, 0.3) is 5.91 Å². The first-order chi connectivity index (χ1) is 19.4. The fraction of sp³-hybridized carbons (Fsp3) is 0.152. The van der Waals surface area contributed by atoms with E-state index in [-0.39, 0.29) is 18.3 Å². The molecule has 0 radical (unpaired) electrons. The van der Waals surface area contributed by atoms with Gasteiger partial charge in [-0.2, -0.15) is 0 Å². The summed E-state index contributed by atoms with van der Waals surface area (Å²) in [5.41, 5.74) is 5.32. The Balaban J connectivity index is 1.42. The lowest BCUT2D eigenvalue weighted by atomic mass is 10.1. The van der Waals surface area contributed by atoms with Gasteiger partial charge in [-0.05, 0) is 106 Å². The number of aliphatic imine (C=N–C) groups is 1. The van der Waals surface area contributed by atoms with Gasteiger partial charge in [-0.3, -0.25) is 9.69 Å². The predicted octanol–water partition coefficient (Wildman–Crippen LogP) is 9.10. The van der Waals surface area contributed by atoms with E-state index in [1.165, 1.54) is 29.0 Å². The predicted molar refractivity (Wildman–Crippen MR) is 167 cm³/mol. The molecule has 4 aromatic rings. The van der Waals surface area contributed by atoms with E-state index < -0.39 is 0 Å². The molecule has 4 aromatic carbocycles. The molecule has 202 valence electrons. The Bertz CT molecular complexity index is 1580. The number of anilines is 1. The summed E-state index contributed by atoms with van der Waals surface area (Å²) in [7, 11) is 0. The zero-order valence-electron chi connectivity index (χ0n) is 22.2. The van der Waals surface area contributed by atoms with Gasteiger partial charge in [-0.1, -0.05) is 62.4 Å². The summed E-state index contributed by atoms with van der Waals surface area (Å²) in [4.78, 5) is 20.8. The molecule has 4 nitrogen and oxygen atoms in total. The molecule has 1 aliphatic rings.